The zero-order chi connectivity index (χ0) is 14.3. The largest absolute Gasteiger partial charge is 0.314 e. The molecule has 0 saturated heterocycles. The van der Waals surface area contributed by atoms with Gasteiger partial charge in [0.15, 0.2) is 0 Å². The quantitative estimate of drug-likeness (QED) is 0.835. The molecule has 1 aromatic carbocycles. The van der Waals surface area contributed by atoms with Crippen LogP contribution in [0.25, 0.3) is 0 Å². The lowest BCUT2D eigenvalue weighted by Gasteiger charge is -2.24. The zero-order valence-electron chi connectivity index (χ0n) is 13.3. The number of fused-ring (bicyclic) bond motifs is 1. The minimum Gasteiger partial charge on any atom is -0.314 e. The SMILES string of the molecule is c1ccc2c(c1)CCN(CCCNC1CCCCC1)CC2. The van der Waals surface area contributed by atoms with Crippen molar-refractivity contribution in [3.8, 4) is 0 Å². The fourth-order valence-electron chi connectivity index (χ4n) is 3.85. The Hall–Kier alpha value is -0.860. The Morgan fingerprint density at radius 1 is 0.952 bits per heavy atom. The second-order valence-electron chi connectivity index (χ2n) is 6.75. The van der Waals surface area contributed by atoms with Gasteiger partial charge in [-0.25, -0.2) is 0 Å². The third kappa shape index (κ3) is 4.55. The minimum atomic E-state index is 0.812. The van der Waals surface area contributed by atoms with Gasteiger partial charge < -0.3 is 10.2 Å². The van der Waals surface area contributed by atoms with E-state index in [1.165, 1.54) is 77.5 Å². The summed E-state index contributed by atoms with van der Waals surface area (Å²) in [5.41, 5.74) is 3.14. The van der Waals surface area contributed by atoms with Crippen LogP contribution in [-0.2, 0) is 12.8 Å². The Morgan fingerprint density at radius 3 is 2.29 bits per heavy atom. The summed E-state index contributed by atoms with van der Waals surface area (Å²) in [5, 5.41) is 3.77. The Kier molecular flexibility index (Phi) is 5.70. The summed E-state index contributed by atoms with van der Waals surface area (Å²) in [6, 6.07) is 9.80. The Balaban J connectivity index is 1.35. The van der Waals surface area contributed by atoms with Gasteiger partial charge in [0.25, 0.3) is 0 Å². The van der Waals surface area contributed by atoms with E-state index in [0.29, 0.717) is 0 Å². The van der Waals surface area contributed by atoms with Crippen molar-refractivity contribution in [2.45, 2.75) is 57.4 Å². The van der Waals surface area contributed by atoms with E-state index >= 15 is 0 Å². The van der Waals surface area contributed by atoms with Gasteiger partial charge in [0.2, 0.25) is 0 Å². The van der Waals surface area contributed by atoms with Crippen LogP contribution < -0.4 is 5.32 Å². The molecule has 0 atom stereocenters. The third-order valence-corrected chi connectivity index (χ3v) is 5.20. The van der Waals surface area contributed by atoms with Crippen molar-refractivity contribution < 1.29 is 0 Å². The normalized spacial score (nSPS) is 21.0. The molecule has 2 heteroatoms. The minimum absolute atomic E-state index is 0.812. The summed E-state index contributed by atoms with van der Waals surface area (Å²) in [7, 11) is 0. The van der Waals surface area contributed by atoms with Crippen LogP contribution in [0.1, 0.15) is 49.7 Å². The van der Waals surface area contributed by atoms with Crippen molar-refractivity contribution >= 4 is 0 Å². The number of hydrogen-bond donors (Lipinski definition) is 1. The average molecular weight is 286 g/mol. The molecule has 1 N–H and O–H groups in total. The van der Waals surface area contributed by atoms with Crippen LogP contribution in [0, 0.1) is 0 Å². The van der Waals surface area contributed by atoms with Gasteiger partial charge >= 0.3 is 0 Å². The molecule has 116 valence electrons. The molecular weight excluding hydrogens is 256 g/mol. The average Bonchev–Trinajstić information content (AvgIpc) is 2.75. The van der Waals surface area contributed by atoms with Gasteiger partial charge in [-0.1, -0.05) is 43.5 Å². The van der Waals surface area contributed by atoms with E-state index in [2.05, 4.69) is 34.5 Å². The molecular formula is C19H30N2. The number of benzene rings is 1. The number of nitrogens with one attached hydrogen (secondary N) is 1. The van der Waals surface area contributed by atoms with Crippen LogP contribution in [0.15, 0.2) is 24.3 Å². The third-order valence-electron chi connectivity index (χ3n) is 5.20. The molecule has 1 aliphatic carbocycles. The lowest BCUT2D eigenvalue weighted by molar-refractivity contribution is 0.276. The van der Waals surface area contributed by atoms with Crippen molar-refractivity contribution in [1.29, 1.82) is 0 Å². The first kappa shape index (κ1) is 15.1. The number of nitrogens with zero attached hydrogens (tertiary/aromatic N) is 1. The number of hydrogen-bond acceptors (Lipinski definition) is 2. The molecule has 2 aliphatic rings. The van der Waals surface area contributed by atoms with Crippen molar-refractivity contribution in [2.75, 3.05) is 26.2 Å². The van der Waals surface area contributed by atoms with Crippen LogP contribution in [0.4, 0.5) is 0 Å². The number of rotatable bonds is 5. The van der Waals surface area contributed by atoms with Gasteiger partial charge in [0.1, 0.15) is 0 Å². The van der Waals surface area contributed by atoms with Crippen LogP contribution in [-0.4, -0.2) is 37.1 Å². The smallest absolute Gasteiger partial charge is 0.00670 e. The van der Waals surface area contributed by atoms with Gasteiger partial charge in [0.05, 0.1) is 0 Å². The van der Waals surface area contributed by atoms with E-state index in [9.17, 15) is 0 Å². The maximum atomic E-state index is 3.77. The molecule has 0 bridgehead atoms. The first-order valence-corrected chi connectivity index (χ1v) is 8.94. The molecule has 1 saturated carbocycles. The van der Waals surface area contributed by atoms with E-state index in [1.54, 1.807) is 11.1 Å². The molecule has 0 aromatic heterocycles. The Labute approximate surface area is 129 Å². The summed E-state index contributed by atoms with van der Waals surface area (Å²) in [4.78, 5) is 2.66. The molecule has 3 rings (SSSR count). The molecule has 0 unspecified atom stereocenters. The predicted octanol–water partition coefficient (Wildman–Crippen LogP) is 3.40. The van der Waals surface area contributed by atoms with E-state index < -0.39 is 0 Å². The van der Waals surface area contributed by atoms with Gasteiger partial charge in [-0.15, -0.1) is 0 Å². The van der Waals surface area contributed by atoms with Crippen molar-refractivity contribution in [2.24, 2.45) is 0 Å². The summed E-state index contributed by atoms with van der Waals surface area (Å²) in [5.74, 6) is 0. The highest BCUT2D eigenvalue weighted by Gasteiger charge is 2.14. The fourth-order valence-corrected chi connectivity index (χ4v) is 3.85. The van der Waals surface area contributed by atoms with Gasteiger partial charge in [-0.05, 0) is 56.3 Å². The van der Waals surface area contributed by atoms with Gasteiger partial charge in [-0.3, -0.25) is 0 Å². The highest BCUT2D eigenvalue weighted by Crippen LogP contribution is 2.17. The lowest BCUT2D eigenvalue weighted by atomic mass is 9.95. The van der Waals surface area contributed by atoms with E-state index in [1.807, 2.05) is 0 Å². The molecule has 1 heterocycles. The molecule has 2 nitrogen and oxygen atoms in total. The second-order valence-corrected chi connectivity index (χ2v) is 6.75. The van der Waals surface area contributed by atoms with Crippen molar-refractivity contribution in [3.63, 3.8) is 0 Å². The van der Waals surface area contributed by atoms with E-state index in [-0.39, 0.29) is 0 Å². The highest BCUT2D eigenvalue weighted by molar-refractivity contribution is 5.28. The molecule has 0 spiro atoms. The summed E-state index contributed by atoms with van der Waals surface area (Å²) >= 11 is 0. The first-order chi connectivity index (χ1) is 10.4. The molecule has 1 aromatic rings. The highest BCUT2D eigenvalue weighted by atomic mass is 15.1. The zero-order valence-corrected chi connectivity index (χ0v) is 13.3. The van der Waals surface area contributed by atoms with E-state index in [4.69, 9.17) is 0 Å². The standard InChI is InChI=1S/C19H30N2/c1-2-9-19(10-3-1)20-13-6-14-21-15-11-17-7-4-5-8-18(17)12-16-21/h4-5,7-8,19-20H,1-3,6,9-16H2. The topological polar surface area (TPSA) is 15.3 Å². The Morgan fingerprint density at radius 2 is 1.62 bits per heavy atom. The van der Waals surface area contributed by atoms with Gasteiger partial charge in [-0.2, -0.15) is 0 Å². The molecule has 0 radical (unpaired) electrons. The monoisotopic (exact) mass is 286 g/mol. The van der Waals surface area contributed by atoms with Crippen molar-refractivity contribution in [3.05, 3.63) is 35.4 Å². The molecule has 1 fully saturated rings. The Bertz CT molecular complexity index is 396. The lowest BCUT2D eigenvalue weighted by Crippen LogP contribution is -2.34. The van der Waals surface area contributed by atoms with E-state index in [0.717, 1.165) is 6.04 Å². The molecule has 1 aliphatic heterocycles. The maximum Gasteiger partial charge on any atom is 0.00670 e. The molecule has 21 heavy (non-hydrogen) atoms. The summed E-state index contributed by atoms with van der Waals surface area (Å²) in [6.07, 6.45) is 10.9. The summed E-state index contributed by atoms with van der Waals surface area (Å²) < 4.78 is 0. The fraction of sp³-hybridized carbons (Fsp3) is 0.684. The van der Waals surface area contributed by atoms with Crippen LogP contribution in [0.5, 0.6) is 0 Å². The molecule has 0 amide bonds. The second kappa shape index (κ2) is 7.95. The van der Waals surface area contributed by atoms with Crippen LogP contribution in [0.3, 0.4) is 0 Å². The maximum absolute atomic E-state index is 3.77. The first-order valence-electron chi connectivity index (χ1n) is 8.94. The van der Waals surface area contributed by atoms with Crippen LogP contribution >= 0.6 is 0 Å². The van der Waals surface area contributed by atoms with Crippen molar-refractivity contribution in [1.82, 2.24) is 10.2 Å². The summed E-state index contributed by atoms with van der Waals surface area (Å²) in [6.45, 7) is 4.93. The predicted molar refractivity (Wildman–Crippen MR) is 89.8 cm³/mol. The van der Waals surface area contributed by atoms with Gasteiger partial charge in [0, 0.05) is 19.1 Å². The van der Waals surface area contributed by atoms with Crippen LogP contribution in [0.2, 0.25) is 0 Å².